The van der Waals surface area contributed by atoms with E-state index in [2.05, 4.69) is 36.5 Å². The van der Waals surface area contributed by atoms with Crippen molar-refractivity contribution in [2.24, 2.45) is 0 Å². The van der Waals surface area contributed by atoms with Gasteiger partial charge in [0.15, 0.2) is 0 Å². The van der Waals surface area contributed by atoms with Gasteiger partial charge in [0.1, 0.15) is 18.2 Å². The van der Waals surface area contributed by atoms with E-state index in [1.165, 1.54) is 11.6 Å². The molecule has 0 amide bonds. The predicted molar refractivity (Wildman–Crippen MR) is 100 cm³/mol. The molecule has 0 aliphatic carbocycles. The summed E-state index contributed by atoms with van der Waals surface area (Å²) in [6, 6.07) is 23.0. The highest BCUT2D eigenvalue weighted by Crippen LogP contribution is 2.18. The summed E-state index contributed by atoms with van der Waals surface area (Å²) in [6.07, 6.45) is 1.04. The maximum absolute atomic E-state index is 13.6. The number of halogens is 1. The predicted octanol–water partition coefficient (Wildman–Crippen LogP) is 5.58. The van der Waals surface area contributed by atoms with Crippen LogP contribution in [0, 0.1) is 5.82 Å². The van der Waals surface area contributed by atoms with E-state index >= 15 is 0 Å². The summed E-state index contributed by atoms with van der Waals surface area (Å²) in [6.45, 7) is 3.08. The zero-order chi connectivity index (χ0) is 17.5. The van der Waals surface area contributed by atoms with Crippen molar-refractivity contribution in [1.29, 1.82) is 0 Å². The Labute approximate surface area is 148 Å². The van der Waals surface area contributed by atoms with E-state index in [0.29, 0.717) is 12.1 Å². The summed E-state index contributed by atoms with van der Waals surface area (Å²) >= 11 is 0. The molecule has 0 aliphatic rings. The normalized spacial score (nSPS) is 10.5. The van der Waals surface area contributed by atoms with Crippen molar-refractivity contribution in [1.82, 2.24) is 0 Å². The Morgan fingerprint density at radius 3 is 2.44 bits per heavy atom. The van der Waals surface area contributed by atoms with Crippen molar-refractivity contribution in [2.45, 2.75) is 26.5 Å². The van der Waals surface area contributed by atoms with Gasteiger partial charge in [0, 0.05) is 17.8 Å². The third-order valence-electron chi connectivity index (χ3n) is 4.11. The molecule has 3 aromatic carbocycles. The molecule has 1 N–H and O–H groups in total. The van der Waals surface area contributed by atoms with Gasteiger partial charge in [-0.2, -0.15) is 0 Å². The van der Waals surface area contributed by atoms with Gasteiger partial charge in [0.2, 0.25) is 0 Å². The zero-order valence-electron chi connectivity index (χ0n) is 14.3. The standard InChI is InChI=1S/C22H22FNO/c1-2-17-10-12-20(13-11-17)24-15-18-6-5-8-21(14-18)25-16-19-7-3-4-9-22(19)23/h3-14,24H,2,15-16H2,1H3. The summed E-state index contributed by atoms with van der Waals surface area (Å²) in [5.74, 6) is 0.500. The Bertz CT molecular complexity index is 814. The molecule has 0 aromatic heterocycles. The van der Waals surface area contributed by atoms with Crippen LogP contribution in [0.2, 0.25) is 0 Å². The number of rotatable bonds is 7. The fourth-order valence-electron chi connectivity index (χ4n) is 2.58. The van der Waals surface area contributed by atoms with Crippen LogP contribution >= 0.6 is 0 Å². The quantitative estimate of drug-likeness (QED) is 0.608. The second kappa shape index (κ2) is 8.34. The third-order valence-corrected chi connectivity index (χ3v) is 4.11. The fraction of sp³-hybridized carbons (Fsp3) is 0.182. The SMILES string of the molecule is CCc1ccc(NCc2cccc(OCc3ccccc3F)c2)cc1. The maximum atomic E-state index is 13.6. The molecule has 0 heterocycles. The molecular formula is C22H22FNO. The molecular weight excluding hydrogens is 313 g/mol. The van der Waals surface area contributed by atoms with Crippen molar-refractivity contribution in [3.63, 3.8) is 0 Å². The topological polar surface area (TPSA) is 21.3 Å². The van der Waals surface area contributed by atoms with Crippen LogP contribution in [0.5, 0.6) is 5.75 Å². The molecule has 0 unspecified atom stereocenters. The van der Waals surface area contributed by atoms with Gasteiger partial charge < -0.3 is 10.1 Å². The first kappa shape index (κ1) is 17.0. The van der Waals surface area contributed by atoms with Gasteiger partial charge in [-0.25, -0.2) is 4.39 Å². The van der Waals surface area contributed by atoms with Crippen LogP contribution < -0.4 is 10.1 Å². The molecule has 0 bridgehead atoms. The minimum absolute atomic E-state index is 0.224. The first-order valence-electron chi connectivity index (χ1n) is 8.52. The lowest BCUT2D eigenvalue weighted by atomic mass is 10.1. The van der Waals surface area contributed by atoms with Crippen molar-refractivity contribution >= 4 is 5.69 Å². The van der Waals surface area contributed by atoms with Crippen LogP contribution in [0.3, 0.4) is 0 Å². The van der Waals surface area contributed by atoms with Crippen molar-refractivity contribution in [3.05, 3.63) is 95.3 Å². The molecule has 0 aliphatic heterocycles. The molecule has 0 radical (unpaired) electrons. The van der Waals surface area contributed by atoms with E-state index in [1.807, 2.05) is 30.3 Å². The van der Waals surface area contributed by atoms with E-state index in [-0.39, 0.29) is 12.4 Å². The molecule has 0 fully saturated rings. The van der Waals surface area contributed by atoms with Crippen LogP contribution in [0.25, 0.3) is 0 Å². The molecule has 2 nitrogen and oxygen atoms in total. The zero-order valence-corrected chi connectivity index (χ0v) is 14.3. The van der Waals surface area contributed by atoms with Gasteiger partial charge in [-0.3, -0.25) is 0 Å². The lowest BCUT2D eigenvalue weighted by Gasteiger charge is -2.10. The van der Waals surface area contributed by atoms with Crippen LogP contribution in [0.1, 0.15) is 23.6 Å². The minimum atomic E-state index is -0.240. The van der Waals surface area contributed by atoms with Crippen molar-refractivity contribution in [2.75, 3.05) is 5.32 Å². The minimum Gasteiger partial charge on any atom is -0.489 e. The number of benzene rings is 3. The average molecular weight is 335 g/mol. The van der Waals surface area contributed by atoms with E-state index in [9.17, 15) is 4.39 Å². The van der Waals surface area contributed by atoms with E-state index in [4.69, 9.17) is 4.74 Å². The highest BCUT2D eigenvalue weighted by atomic mass is 19.1. The lowest BCUT2D eigenvalue weighted by Crippen LogP contribution is -2.01. The van der Waals surface area contributed by atoms with Crippen LogP contribution in [-0.4, -0.2) is 0 Å². The van der Waals surface area contributed by atoms with E-state index in [1.54, 1.807) is 12.1 Å². The van der Waals surface area contributed by atoms with E-state index in [0.717, 1.165) is 23.4 Å². The Balaban J connectivity index is 1.58. The van der Waals surface area contributed by atoms with Gasteiger partial charge in [-0.05, 0) is 47.9 Å². The Morgan fingerprint density at radius 1 is 0.880 bits per heavy atom. The first-order valence-corrected chi connectivity index (χ1v) is 8.52. The van der Waals surface area contributed by atoms with Crippen LogP contribution in [-0.2, 0) is 19.6 Å². The molecule has 0 saturated heterocycles. The second-order valence-electron chi connectivity index (χ2n) is 5.93. The Morgan fingerprint density at radius 2 is 1.68 bits per heavy atom. The summed E-state index contributed by atoms with van der Waals surface area (Å²) < 4.78 is 19.4. The highest BCUT2D eigenvalue weighted by molar-refractivity contribution is 5.45. The van der Waals surface area contributed by atoms with Gasteiger partial charge in [-0.15, -0.1) is 0 Å². The monoisotopic (exact) mass is 335 g/mol. The molecule has 0 saturated carbocycles. The van der Waals surface area contributed by atoms with Gasteiger partial charge in [0.05, 0.1) is 0 Å². The summed E-state index contributed by atoms with van der Waals surface area (Å²) in [7, 11) is 0. The molecule has 0 spiro atoms. The third kappa shape index (κ3) is 4.83. The maximum Gasteiger partial charge on any atom is 0.129 e. The highest BCUT2D eigenvalue weighted by Gasteiger charge is 2.03. The Hall–Kier alpha value is -2.81. The van der Waals surface area contributed by atoms with Gasteiger partial charge in [0.25, 0.3) is 0 Å². The smallest absolute Gasteiger partial charge is 0.129 e. The van der Waals surface area contributed by atoms with E-state index < -0.39 is 0 Å². The molecule has 0 atom stereocenters. The number of anilines is 1. The average Bonchev–Trinajstić information content (AvgIpc) is 2.66. The fourth-order valence-corrected chi connectivity index (χ4v) is 2.58. The summed E-state index contributed by atoms with van der Waals surface area (Å²) in [4.78, 5) is 0. The number of nitrogens with one attached hydrogen (secondary N) is 1. The van der Waals surface area contributed by atoms with Gasteiger partial charge >= 0.3 is 0 Å². The van der Waals surface area contributed by atoms with Crippen molar-refractivity contribution < 1.29 is 9.13 Å². The van der Waals surface area contributed by atoms with Crippen molar-refractivity contribution in [3.8, 4) is 5.75 Å². The molecule has 3 aromatic rings. The molecule has 3 rings (SSSR count). The number of hydrogen-bond donors (Lipinski definition) is 1. The first-order chi connectivity index (χ1) is 12.2. The summed E-state index contributed by atoms with van der Waals surface area (Å²) in [5.41, 5.74) is 4.09. The molecule has 25 heavy (non-hydrogen) atoms. The number of ether oxygens (including phenoxy) is 1. The van der Waals surface area contributed by atoms with Gasteiger partial charge in [-0.1, -0.05) is 49.4 Å². The second-order valence-corrected chi connectivity index (χ2v) is 5.93. The number of hydrogen-bond acceptors (Lipinski definition) is 2. The van der Waals surface area contributed by atoms with Crippen LogP contribution in [0.4, 0.5) is 10.1 Å². The van der Waals surface area contributed by atoms with Crippen LogP contribution in [0.15, 0.2) is 72.8 Å². The summed E-state index contributed by atoms with van der Waals surface area (Å²) in [5, 5.41) is 3.41. The lowest BCUT2D eigenvalue weighted by molar-refractivity contribution is 0.299. The number of aryl methyl sites for hydroxylation is 1. The molecule has 3 heteroatoms. The molecule has 128 valence electrons. The largest absolute Gasteiger partial charge is 0.489 e. The Kier molecular flexibility index (Phi) is 5.68.